The average Bonchev–Trinajstić information content (AvgIpc) is 2.26. The van der Waals surface area contributed by atoms with E-state index in [1.54, 1.807) is 0 Å². The molecule has 1 aliphatic rings. The molecule has 0 aromatic heterocycles. The van der Waals surface area contributed by atoms with Crippen LogP contribution in [0.1, 0.15) is 19.3 Å². The van der Waals surface area contributed by atoms with Crippen molar-refractivity contribution in [2.75, 3.05) is 25.2 Å². The van der Waals surface area contributed by atoms with Crippen LogP contribution in [-0.4, -0.2) is 37.3 Å². The fourth-order valence-corrected chi connectivity index (χ4v) is 2.62. The molecular weight excluding hydrogens is 194 g/mol. The van der Waals surface area contributed by atoms with Crippen LogP contribution in [-0.2, 0) is 4.74 Å². The molecule has 3 heteroatoms. The first-order chi connectivity index (χ1) is 6.88. The van der Waals surface area contributed by atoms with E-state index in [-0.39, 0.29) is 0 Å². The fourth-order valence-electron chi connectivity index (χ4n) is 1.68. The number of hydrogen-bond acceptors (Lipinski definition) is 3. The van der Waals surface area contributed by atoms with Crippen LogP contribution in [0.5, 0.6) is 0 Å². The molecule has 1 aliphatic heterocycles. The molecule has 0 aliphatic carbocycles. The predicted molar refractivity (Wildman–Crippen MR) is 62.6 cm³/mol. The van der Waals surface area contributed by atoms with Crippen molar-refractivity contribution in [1.29, 1.82) is 0 Å². The molecule has 2 unspecified atom stereocenters. The number of thioether (sulfide) groups is 1. The van der Waals surface area contributed by atoms with E-state index in [9.17, 15) is 0 Å². The van der Waals surface area contributed by atoms with Crippen LogP contribution in [0.25, 0.3) is 0 Å². The zero-order valence-corrected chi connectivity index (χ0v) is 9.61. The zero-order valence-electron chi connectivity index (χ0n) is 8.79. The molecule has 0 saturated carbocycles. The van der Waals surface area contributed by atoms with Crippen molar-refractivity contribution < 1.29 is 4.74 Å². The summed E-state index contributed by atoms with van der Waals surface area (Å²) in [5, 5.41) is 3.32. The Morgan fingerprint density at radius 3 is 3.14 bits per heavy atom. The summed E-state index contributed by atoms with van der Waals surface area (Å²) in [6, 6.07) is 0.469. The van der Waals surface area contributed by atoms with E-state index < -0.39 is 0 Å². The predicted octanol–water partition coefficient (Wildman–Crippen LogP) is 1.51. The maximum Gasteiger partial charge on any atom is 0.0818 e. The molecule has 2 nitrogen and oxygen atoms in total. The molecule has 0 bridgehead atoms. The first kappa shape index (κ1) is 11.9. The number of ether oxygens (including phenoxy) is 1. The molecule has 2 atom stereocenters. The SMILES string of the molecule is C#CCCCC(NC)C1CSCCO1. The van der Waals surface area contributed by atoms with Crippen molar-refractivity contribution >= 4 is 11.8 Å². The van der Waals surface area contributed by atoms with E-state index in [1.165, 1.54) is 0 Å². The highest BCUT2D eigenvalue weighted by Gasteiger charge is 2.22. The Labute approximate surface area is 91.2 Å². The van der Waals surface area contributed by atoms with Crippen LogP contribution < -0.4 is 5.32 Å². The number of terminal acetylenes is 1. The van der Waals surface area contributed by atoms with Crippen LogP contribution in [0.3, 0.4) is 0 Å². The summed E-state index contributed by atoms with van der Waals surface area (Å²) in [5.74, 6) is 4.93. The minimum Gasteiger partial charge on any atom is -0.375 e. The highest BCUT2D eigenvalue weighted by atomic mass is 32.2. The standard InChI is InChI=1S/C11H19NOS/c1-3-4-5-6-10(12-2)11-9-14-8-7-13-11/h1,10-12H,4-9H2,2H3. The summed E-state index contributed by atoms with van der Waals surface area (Å²) in [4.78, 5) is 0. The van der Waals surface area contributed by atoms with E-state index in [2.05, 4.69) is 11.2 Å². The maximum atomic E-state index is 5.73. The number of unbranched alkanes of at least 4 members (excludes halogenated alkanes) is 1. The van der Waals surface area contributed by atoms with E-state index in [0.717, 1.165) is 37.4 Å². The van der Waals surface area contributed by atoms with Gasteiger partial charge in [-0.25, -0.2) is 0 Å². The van der Waals surface area contributed by atoms with Gasteiger partial charge in [0, 0.05) is 24.0 Å². The minimum absolute atomic E-state index is 0.372. The second kappa shape index (κ2) is 7.17. The van der Waals surface area contributed by atoms with Crippen molar-refractivity contribution in [1.82, 2.24) is 5.32 Å². The van der Waals surface area contributed by atoms with Crippen molar-refractivity contribution in [2.24, 2.45) is 0 Å². The average molecular weight is 213 g/mol. The van der Waals surface area contributed by atoms with Gasteiger partial charge in [0.2, 0.25) is 0 Å². The molecule has 14 heavy (non-hydrogen) atoms. The fraction of sp³-hybridized carbons (Fsp3) is 0.818. The third kappa shape index (κ3) is 3.91. The van der Waals surface area contributed by atoms with Crippen LogP contribution in [0.15, 0.2) is 0 Å². The second-order valence-corrected chi connectivity index (χ2v) is 4.63. The lowest BCUT2D eigenvalue weighted by atomic mass is 10.1. The van der Waals surface area contributed by atoms with Gasteiger partial charge in [-0.15, -0.1) is 12.3 Å². The second-order valence-electron chi connectivity index (χ2n) is 3.48. The minimum atomic E-state index is 0.372. The smallest absolute Gasteiger partial charge is 0.0818 e. The van der Waals surface area contributed by atoms with Gasteiger partial charge >= 0.3 is 0 Å². The molecule has 0 spiro atoms. The van der Waals surface area contributed by atoms with E-state index in [4.69, 9.17) is 11.2 Å². The third-order valence-corrected chi connectivity index (χ3v) is 3.52. The first-order valence-corrected chi connectivity index (χ1v) is 6.34. The summed E-state index contributed by atoms with van der Waals surface area (Å²) < 4.78 is 5.73. The largest absolute Gasteiger partial charge is 0.375 e. The van der Waals surface area contributed by atoms with Crippen molar-refractivity contribution in [2.45, 2.75) is 31.4 Å². The van der Waals surface area contributed by atoms with Crippen LogP contribution in [0, 0.1) is 12.3 Å². The zero-order chi connectivity index (χ0) is 10.2. The Kier molecular flexibility index (Phi) is 6.09. The Morgan fingerprint density at radius 2 is 2.57 bits per heavy atom. The van der Waals surface area contributed by atoms with Gasteiger partial charge in [-0.2, -0.15) is 11.8 Å². The Bertz CT molecular complexity index is 184. The van der Waals surface area contributed by atoms with Crippen molar-refractivity contribution in [3.63, 3.8) is 0 Å². The van der Waals surface area contributed by atoms with Crippen molar-refractivity contribution in [3.8, 4) is 12.3 Å². The van der Waals surface area contributed by atoms with Gasteiger partial charge in [-0.05, 0) is 19.9 Å². The van der Waals surface area contributed by atoms with Gasteiger partial charge in [0.1, 0.15) is 0 Å². The molecule has 80 valence electrons. The third-order valence-electron chi connectivity index (χ3n) is 2.50. The molecule has 0 aromatic rings. The lowest BCUT2D eigenvalue weighted by Crippen LogP contribution is -2.43. The monoisotopic (exact) mass is 213 g/mol. The maximum absolute atomic E-state index is 5.73. The van der Waals surface area contributed by atoms with E-state index >= 15 is 0 Å². The topological polar surface area (TPSA) is 21.3 Å². The molecule has 1 heterocycles. The summed E-state index contributed by atoms with van der Waals surface area (Å²) in [7, 11) is 2.00. The lowest BCUT2D eigenvalue weighted by molar-refractivity contribution is 0.0465. The van der Waals surface area contributed by atoms with Crippen LogP contribution in [0.4, 0.5) is 0 Å². The van der Waals surface area contributed by atoms with Gasteiger partial charge in [-0.3, -0.25) is 0 Å². The molecule has 1 saturated heterocycles. The highest BCUT2D eigenvalue weighted by molar-refractivity contribution is 7.99. The van der Waals surface area contributed by atoms with Gasteiger partial charge in [0.05, 0.1) is 12.7 Å². The van der Waals surface area contributed by atoms with Gasteiger partial charge < -0.3 is 10.1 Å². The van der Waals surface area contributed by atoms with Gasteiger partial charge in [0.15, 0.2) is 0 Å². The summed E-state index contributed by atoms with van der Waals surface area (Å²) >= 11 is 1.98. The molecule has 0 amide bonds. The Balaban J connectivity index is 2.25. The van der Waals surface area contributed by atoms with Crippen LogP contribution in [0.2, 0.25) is 0 Å². The molecule has 0 radical (unpaired) electrons. The Morgan fingerprint density at radius 1 is 1.71 bits per heavy atom. The summed E-state index contributed by atoms with van der Waals surface area (Å²) in [6.45, 7) is 0.892. The van der Waals surface area contributed by atoms with Gasteiger partial charge in [-0.1, -0.05) is 0 Å². The molecule has 1 rings (SSSR count). The lowest BCUT2D eigenvalue weighted by Gasteiger charge is -2.29. The quantitative estimate of drug-likeness (QED) is 0.552. The highest BCUT2D eigenvalue weighted by Crippen LogP contribution is 2.18. The molecule has 1 fully saturated rings. The van der Waals surface area contributed by atoms with E-state index in [1.807, 2.05) is 18.8 Å². The van der Waals surface area contributed by atoms with Crippen molar-refractivity contribution in [3.05, 3.63) is 0 Å². The number of rotatable bonds is 5. The normalized spacial score (nSPS) is 24.1. The number of nitrogens with one attached hydrogen (secondary N) is 1. The molecular formula is C11H19NOS. The van der Waals surface area contributed by atoms with Gasteiger partial charge in [0.25, 0.3) is 0 Å². The first-order valence-electron chi connectivity index (χ1n) is 5.18. The number of likely N-dealkylation sites (N-methyl/N-ethyl adjacent to an activating group) is 1. The summed E-state index contributed by atoms with van der Waals surface area (Å²) in [6.07, 6.45) is 8.68. The number of hydrogen-bond donors (Lipinski definition) is 1. The van der Waals surface area contributed by atoms with E-state index in [0.29, 0.717) is 12.1 Å². The molecule has 0 aromatic carbocycles. The molecule has 1 N–H and O–H groups in total. The van der Waals surface area contributed by atoms with Crippen LogP contribution >= 0.6 is 11.8 Å². The summed E-state index contributed by atoms with van der Waals surface area (Å²) in [5.41, 5.74) is 0. The Hall–Kier alpha value is -0.170.